The number of carbonyl (C=O) groups is 1. The Balaban J connectivity index is 1.94. The van der Waals surface area contributed by atoms with E-state index in [9.17, 15) is 9.59 Å². The fraction of sp³-hybridized carbons (Fsp3) is 0.158. The molecule has 0 spiro atoms. The third kappa shape index (κ3) is 3.95. The smallest absolute Gasteiger partial charge is 0.268 e. The quantitative estimate of drug-likeness (QED) is 0.747. The molecule has 0 saturated carbocycles. The monoisotopic (exact) mass is 386 g/mol. The van der Waals surface area contributed by atoms with Crippen molar-refractivity contribution in [2.24, 2.45) is 7.05 Å². The van der Waals surface area contributed by atoms with E-state index in [1.54, 1.807) is 37.6 Å². The number of nitrogens with one attached hydrogen (secondary N) is 1. The van der Waals surface area contributed by atoms with Crippen LogP contribution in [0.4, 0.5) is 5.69 Å². The van der Waals surface area contributed by atoms with E-state index in [-0.39, 0.29) is 11.5 Å². The zero-order chi connectivity index (χ0) is 18.7. The number of hydrogen-bond donors (Lipinski definition) is 1. The first kappa shape index (κ1) is 18.2. The summed E-state index contributed by atoms with van der Waals surface area (Å²) in [6.07, 6.45) is 3.29. The van der Waals surface area contributed by atoms with Crippen molar-refractivity contribution >= 4 is 46.4 Å². The molecule has 1 N–H and O–H groups in total. The number of thiazole rings is 1. The van der Waals surface area contributed by atoms with Gasteiger partial charge in [0.1, 0.15) is 10.4 Å². The molecule has 0 saturated heterocycles. The van der Waals surface area contributed by atoms with Crippen molar-refractivity contribution in [3.63, 3.8) is 0 Å². The van der Waals surface area contributed by atoms with Gasteiger partial charge in [-0.15, -0.1) is 22.7 Å². The second-order valence-electron chi connectivity index (χ2n) is 5.60. The van der Waals surface area contributed by atoms with E-state index in [0.717, 1.165) is 4.88 Å². The van der Waals surface area contributed by atoms with Crippen LogP contribution in [0.15, 0.2) is 41.2 Å². The lowest BCUT2D eigenvalue weighted by Crippen LogP contribution is -2.29. The van der Waals surface area contributed by atoms with E-state index in [2.05, 4.69) is 5.32 Å². The second-order valence-corrected chi connectivity index (χ2v) is 7.98. The van der Waals surface area contributed by atoms with Crippen molar-refractivity contribution in [1.82, 2.24) is 4.57 Å². The summed E-state index contributed by atoms with van der Waals surface area (Å²) < 4.78 is 7.90. The SMILES string of the molecule is COc1ccccc1NC(=O)/C=c1\s/c(=C\c2ccc(C)s2)c(=O)n1C. The molecule has 0 bridgehead atoms. The summed E-state index contributed by atoms with van der Waals surface area (Å²) in [5.41, 5.74) is 0.469. The molecule has 0 aliphatic carbocycles. The Bertz CT molecular complexity index is 1120. The van der Waals surface area contributed by atoms with Crippen molar-refractivity contribution in [2.45, 2.75) is 6.92 Å². The molecule has 0 unspecified atom stereocenters. The Kier molecular flexibility index (Phi) is 5.39. The van der Waals surface area contributed by atoms with Crippen LogP contribution in [-0.4, -0.2) is 17.6 Å². The molecule has 0 aliphatic rings. The Labute approximate surface area is 158 Å². The maximum absolute atomic E-state index is 12.4. The lowest BCUT2D eigenvalue weighted by Gasteiger charge is -2.07. The largest absolute Gasteiger partial charge is 0.495 e. The summed E-state index contributed by atoms with van der Waals surface area (Å²) in [7, 11) is 3.21. The van der Waals surface area contributed by atoms with Crippen LogP contribution in [0.2, 0.25) is 0 Å². The minimum atomic E-state index is -0.315. The van der Waals surface area contributed by atoms with Crippen LogP contribution in [0.3, 0.4) is 0 Å². The highest BCUT2D eigenvalue weighted by atomic mass is 32.1. The lowest BCUT2D eigenvalue weighted by atomic mass is 10.3. The number of carbonyl (C=O) groups excluding carboxylic acids is 1. The van der Waals surface area contributed by atoms with Crippen molar-refractivity contribution in [2.75, 3.05) is 12.4 Å². The Morgan fingerprint density at radius 3 is 2.65 bits per heavy atom. The van der Waals surface area contributed by atoms with Gasteiger partial charge >= 0.3 is 0 Å². The topological polar surface area (TPSA) is 60.3 Å². The average Bonchev–Trinajstić information content (AvgIpc) is 3.14. The lowest BCUT2D eigenvalue weighted by molar-refractivity contribution is -0.110. The van der Waals surface area contributed by atoms with Crippen LogP contribution >= 0.6 is 22.7 Å². The van der Waals surface area contributed by atoms with Crippen LogP contribution in [0.5, 0.6) is 5.75 Å². The predicted molar refractivity (Wildman–Crippen MR) is 108 cm³/mol. The summed E-state index contributed by atoms with van der Waals surface area (Å²) in [5, 5.41) is 2.78. The highest BCUT2D eigenvalue weighted by Crippen LogP contribution is 2.22. The summed E-state index contributed by atoms with van der Waals surface area (Å²) in [4.78, 5) is 27.0. The second kappa shape index (κ2) is 7.72. The van der Waals surface area contributed by atoms with E-state index in [4.69, 9.17) is 4.74 Å². The number of aromatic nitrogens is 1. The summed E-state index contributed by atoms with van der Waals surface area (Å²) in [5.74, 6) is 0.265. The zero-order valence-corrected chi connectivity index (χ0v) is 16.2. The first-order valence-electron chi connectivity index (χ1n) is 7.87. The molecule has 3 aromatic rings. The fourth-order valence-corrected chi connectivity index (χ4v) is 4.31. The van der Waals surface area contributed by atoms with Crippen molar-refractivity contribution in [1.29, 1.82) is 0 Å². The van der Waals surface area contributed by atoms with Crippen LogP contribution in [-0.2, 0) is 11.8 Å². The number of benzene rings is 1. The molecule has 1 amide bonds. The Morgan fingerprint density at radius 2 is 1.96 bits per heavy atom. The zero-order valence-electron chi connectivity index (χ0n) is 14.6. The number of rotatable bonds is 4. The van der Waals surface area contributed by atoms with Gasteiger partial charge in [-0.3, -0.25) is 9.59 Å². The van der Waals surface area contributed by atoms with Gasteiger partial charge < -0.3 is 14.6 Å². The first-order valence-corrected chi connectivity index (χ1v) is 9.51. The summed E-state index contributed by atoms with van der Waals surface area (Å²) in [6, 6.07) is 11.2. The minimum absolute atomic E-state index is 0.114. The molecule has 1 aromatic carbocycles. The normalized spacial score (nSPS) is 12.4. The molecule has 0 aliphatic heterocycles. The molecule has 2 aromatic heterocycles. The van der Waals surface area contributed by atoms with E-state index < -0.39 is 0 Å². The summed E-state index contributed by atoms with van der Waals surface area (Å²) in [6.45, 7) is 2.02. The van der Waals surface area contributed by atoms with Gasteiger partial charge in [0.15, 0.2) is 0 Å². The molecular weight excluding hydrogens is 368 g/mol. The number of aryl methyl sites for hydroxylation is 1. The first-order chi connectivity index (χ1) is 12.5. The molecular formula is C19H18N2O3S2. The van der Waals surface area contributed by atoms with Crippen molar-refractivity contribution in [3.05, 3.63) is 65.7 Å². The molecule has 3 rings (SSSR count). The number of methoxy groups -OCH3 is 1. The van der Waals surface area contributed by atoms with E-state index in [0.29, 0.717) is 20.6 Å². The van der Waals surface area contributed by atoms with Crippen LogP contribution in [0.1, 0.15) is 9.75 Å². The predicted octanol–water partition coefficient (Wildman–Crippen LogP) is 2.07. The van der Waals surface area contributed by atoms with Gasteiger partial charge in [0.25, 0.3) is 11.5 Å². The average molecular weight is 386 g/mol. The van der Waals surface area contributed by atoms with Crippen LogP contribution < -0.4 is 24.8 Å². The molecule has 134 valence electrons. The number of thiophene rings is 1. The van der Waals surface area contributed by atoms with Crippen LogP contribution in [0, 0.1) is 6.92 Å². The van der Waals surface area contributed by atoms with Gasteiger partial charge in [-0.2, -0.15) is 0 Å². The van der Waals surface area contributed by atoms with Gasteiger partial charge in [0, 0.05) is 22.9 Å². The van der Waals surface area contributed by atoms with Gasteiger partial charge in [-0.1, -0.05) is 12.1 Å². The van der Waals surface area contributed by atoms with E-state index in [1.807, 2.05) is 37.3 Å². The molecule has 2 heterocycles. The number of hydrogen-bond acceptors (Lipinski definition) is 5. The minimum Gasteiger partial charge on any atom is -0.495 e. The molecule has 0 fully saturated rings. The molecule has 0 radical (unpaired) electrons. The maximum atomic E-state index is 12.4. The molecule has 26 heavy (non-hydrogen) atoms. The highest BCUT2D eigenvalue weighted by Gasteiger charge is 2.07. The summed E-state index contributed by atoms with van der Waals surface area (Å²) >= 11 is 2.92. The van der Waals surface area contributed by atoms with Gasteiger partial charge in [0.2, 0.25) is 0 Å². The van der Waals surface area contributed by atoms with Crippen molar-refractivity contribution < 1.29 is 9.53 Å². The third-order valence-electron chi connectivity index (χ3n) is 3.71. The maximum Gasteiger partial charge on any atom is 0.268 e. The number of para-hydroxylation sites is 2. The number of amides is 1. The molecule has 5 nitrogen and oxygen atoms in total. The Hall–Kier alpha value is -2.64. The standard InChI is InChI=1S/C19H18N2O3S2/c1-12-8-9-13(25-12)10-16-19(23)21(2)18(26-16)11-17(22)20-14-6-4-5-7-15(14)24-3/h4-11H,1-3H3,(H,20,22)/b16-10-,18-11-. The number of anilines is 1. The van der Waals surface area contributed by atoms with E-state index >= 15 is 0 Å². The van der Waals surface area contributed by atoms with E-state index in [1.165, 1.54) is 26.9 Å². The molecule has 7 heteroatoms. The van der Waals surface area contributed by atoms with Crippen molar-refractivity contribution in [3.8, 4) is 5.75 Å². The molecule has 0 atom stereocenters. The third-order valence-corrected chi connectivity index (χ3v) is 5.78. The van der Waals surface area contributed by atoms with Crippen LogP contribution in [0.25, 0.3) is 12.2 Å². The Morgan fingerprint density at radius 1 is 1.19 bits per heavy atom. The number of ether oxygens (including phenoxy) is 1. The highest BCUT2D eigenvalue weighted by molar-refractivity contribution is 7.13. The fourth-order valence-electron chi connectivity index (χ4n) is 2.40. The van der Waals surface area contributed by atoms with Gasteiger partial charge in [-0.05, 0) is 37.3 Å². The van der Waals surface area contributed by atoms with Gasteiger partial charge in [0.05, 0.1) is 17.3 Å². The number of nitrogens with zero attached hydrogens (tertiary/aromatic N) is 1. The van der Waals surface area contributed by atoms with Gasteiger partial charge in [-0.25, -0.2) is 0 Å².